The van der Waals surface area contributed by atoms with E-state index in [-0.39, 0.29) is 17.1 Å². The van der Waals surface area contributed by atoms with Crippen molar-refractivity contribution < 1.29 is 4.39 Å². The van der Waals surface area contributed by atoms with Crippen LogP contribution in [0.1, 0.15) is 18.7 Å². The van der Waals surface area contributed by atoms with Crippen LogP contribution >= 0.6 is 11.6 Å². The molecule has 2 aromatic rings. The molecule has 5 heteroatoms. The highest BCUT2D eigenvalue weighted by Gasteiger charge is 2.10. The van der Waals surface area contributed by atoms with Crippen molar-refractivity contribution in [1.29, 1.82) is 0 Å². The van der Waals surface area contributed by atoms with Gasteiger partial charge >= 0.3 is 0 Å². The fourth-order valence-corrected chi connectivity index (χ4v) is 1.63. The summed E-state index contributed by atoms with van der Waals surface area (Å²) in [7, 11) is 0. The molecular formula is C10H9ClFN3. The van der Waals surface area contributed by atoms with Crippen molar-refractivity contribution >= 4 is 22.5 Å². The van der Waals surface area contributed by atoms with Gasteiger partial charge in [0.25, 0.3) is 0 Å². The Hall–Kier alpha value is -1.26. The molecule has 0 aliphatic heterocycles. The summed E-state index contributed by atoms with van der Waals surface area (Å²) in [5.74, 6) is -0.354. The van der Waals surface area contributed by atoms with Gasteiger partial charge in [-0.2, -0.15) is 0 Å². The fraction of sp³-hybridized carbons (Fsp3) is 0.200. The van der Waals surface area contributed by atoms with Gasteiger partial charge in [-0.15, -0.1) is 0 Å². The lowest BCUT2D eigenvalue weighted by atomic mass is 10.1. The van der Waals surface area contributed by atoms with Crippen LogP contribution in [0, 0.1) is 5.82 Å². The summed E-state index contributed by atoms with van der Waals surface area (Å²) in [4.78, 5) is 7.98. The zero-order valence-corrected chi connectivity index (χ0v) is 8.79. The average Bonchev–Trinajstić information content (AvgIpc) is 2.15. The molecule has 2 rings (SSSR count). The van der Waals surface area contributed by atoms with E-state index in [0.29, 0.717) is 11.2 Å². The van der Waals surface area contributed by atoms with Crippen LogP contribution in [0.2, 0.25) is 5.28 Å². The van der Waals surface area contributed by atoms with Crippen LogP contribution in [0.5, 0.6) is 0 Å². The van der Waals surface area contributed by atoms with Gasteiger partial charge in [-0.3, -0.25) is 0 Å². The first kappa shape index (κ1) is 10.3. The van der Waals surface area contributed by atoms with Gasteiger partial charge in [0.15, 0.2) is 0 Å². The van der Waals surface area contributed by atoms with E-state index in [0.717, 1.165) is 5.39 Å². The minimum absolute atomic E-state index is 0.0837. The second-order valence-electron chi connectivity index (χ2n) is 3.33. The van der Waals surface area contributed by atoms with Crippen LogP contribution in [0.4, 0.5) is 4.39 Å². The summed E-state index contributed by atoms with van der Waals surface area (Å²) in [6, 6.07) is 4.01. The molecule has 1 atom stereocenters. The molecule has 1 aromatic heterocycles. The summed E-state index contributed by atoms with van der Waals surface area (Å²) < 4.78 is 13.0. The Bertz CT molecular complexity index is 508. The van der Waals surface area contributed by atoms with Crippen molar-refractivity contribution in [3.63, 3.8) is 0 Å². The van der Waals surface area contributed by atoms with Gasteiger partial charge < -0.3 is 5.73 Å². The Labute approximate surface area is 91.1 Å². The summed E-state index contributed by atoms with van der Waals surface area (Å²) in [5.41, 5.74) is 6.85. The predicted octanol–water partition coefficient (Wildman–Crippen LogP) is 2.44. The van der Waals surface area contributed by atoms with Gasteiger partial charge in [-0.25, -0.2) is 14.4 Å². The second-order valence-corrected chi connectivity index (χ2v) is 3.67. The summed E-state index contributed by atoms with van der Waals surface area (Å²) >= 11 is 5.72. The van der Waals surface area contributed by atoms with Crippen LogP contribution in [0.3, 0.4) is 0 Å². The molecule has 78 valence electrons. The van der Waals surface area contributed by atoms with Crippen molar-refractivity contribution in [2.75, 3.05) is 0 Å². The van der Waals surface area contributed by atoms with E-state index < -0.39 is 0 Å². The van der Waals surface area contributed by atoms with Gasteiger partial charge in [0.05, 0.1) is 11.2 Å². The number of nitrogens with zero attached hydrogens (tertiary/aromatic N) is 2. The first-order valence-corrected chi connectivity index (χ1v) is 4.84. The van der Waals surface area contributed by atoms with Gasteiger partial charge in [-0.1, -0.05) is 0 Å². The van der Waals surface area contributed by atoms with E-state index in [1.165, 1.54) is 12.1 Å². The molecule has 0 aliphatic carbocycles. The topological polar surface area (TPSA) is 51.8 Å². The normalized spacial score (nSPS) is 13.1. The number of rotatable bonds is 1. The molecule has 1 heterocycles. The van der Waals surface area contributed by atoms with E-state index in [1.807, 2.05) is 0 Å². The van der Waals surface area contributed by atoms with Crippen molar-refractivity contribution in [3.8, 4) is 0 Å². The van der Waals surface area contributed by atoms with Gasteiger partial charge in [0, 0.05) is 17.5 Å². The van der Waals surface area contributed by atoms with Crippen molar-refractivity contribution in [1.82, 2.24) is 9.97 Å². The molecule has 0 aliphatic rings. The third-order valence-corrected chi connectivity index (χ3v) is 2.26. The van der Waals surface area contributed by atoms with E-state index in [9.17, 15) is 4.39 Å². The van der Waals surface area contributed by atoms with Crippen molar-refractivity contribution in [3.05, 3.63) is 35.0 Å². The molecule has 0 amide bonds. The van der Waals surface area contributed by atoms with Crippen LogP contribution in [0.25, 0.3) is 10.9 Å². The van der Waals surface area contributed by atoms with E-state index in [4.69, 9.17) is 17.3 Å². The molecular weight excluding hydrogens is 217 g/mol. The van der Waals surface area contributed by atoms with Crippen LogP contribution in [-0.4, -0.2) is 9.97 Å². The Kier molecular flexibility index (Phi) is 2.54. The monoisotopic (exact) mass is 225 g/mol. The number of halogens is 2. The maximum Gasteiger partial charge on any atom is 0.223 e. The van der Waals surface area contributed by atoms with Crippen LogP contribution in [-0.2, 0) is 0 Å². The molecule has 0 radical (unpaired) electrons. The maximum absolute atomic E-state index is 13.0. The summed E-state index contributed by atoms with van der Waals surface area (Å²) in [6.45, 7) is 1.79. The summed E-state index contributed by atoms with van der Waals surface area (Å²) in [6.07, 6.45) is 0. The Morgan fingerprint density at radius 2 is 2.13 bits per heavy atom. The Morgan fingerprint density at radius 3 is 2.80 bits per heavy atom. The third-order valence-electron chi connectivity index (χ3n) is 2.09. The van der Waals surface area contributed by atoms with Gasteiger partial charge in [-0.05, 0) is 30.7 Å². The SMILES string of the molecule is CC(N)c1nc(Cl)nc2cc(F)ccc12. The summed E-state index contributed by atoms with van der Waals surface area (Å²) in [5, 5.41) is 0.816. The molecule has 0 fully saturated rings. The maximum atomic E-state index is 13.0. The van der Waals surface area contributed by atoms with Crippen LogP contribution in [0.15, 0.2) is 18.2 Å². The molecule has 2 N–H and O–H groups in total. The Balaban J connectivity index is 2.80. The number of aromatic nitrogens is 2. The number of fused-ring (bicyclic) bond motifs is 1. The largest absolute Gasteiger partial charge is 0.323 e. The highest BCUT2D eigenvalue weighted by molar-refractivity contribution is 6.28. The molecule has 1 unspecified atom stereocenters. The zero-order valence-electron chi connectivity index (χ0n) is 8.04. The number of nitrogens with two attached hydrogens (primary N) is 1. The second kappa shape index (κ2) is 3.72. The third kappa shape index (κ3) is 1.91. The fourth-order valence-electron chi connectivity index (χ4n) is 1.45. The minimum Gasteiger partial charge on any atom is -0.323 e. The number of hydrogen-bond acceptors (Lipinski definition) is 3. The first-order chi connectivity index (χ1) is 7.08. The highest BCUT2D eigenvalue weighted by Crippen LogP contribution is 2.22. The van der Waals surface area contributed by atoms with Crippen molar-refractivity contribution in [2.24, 2.45) is 5.73 Å². The quantitative estimate of drug-likeness (QED) is 0.759. The standard InChI is InChI=1S/C10H9ClFN3/c1-5(13)9-7-3-2-6(12)4-8(7)14-10(11)15-9/h2-5H,13H2,1H3. The first-order valence-electron chi connectivity index (χ1n) is 4.46. The smallest absolute Gasteiger partial charge is 0.223 e. The average molecular weight is 226 g/mol. The lowest BCUT2D eigenvalue weighted by Crippen LogP contribution is -2.09. The number of hydrogen-bond donors (Lipinski definition) is 1. The molecule has 3 nitrogen and oxygen atoms in total. The predicted molar refractivity (Wildman–Crippen MR) is 57.1 cm³/mol. The molecule has 1 aromatic carbocycles. The van der Waals surface area contributed by atoms with E-state index in [1.54, 1.807) is 13.0 Å². The molecule has 15 heavy (non-hydrogen) atoms. The molecule has 0 spiro atoms. The number of benzene rings is 1. The highest BCUT2D eigenvalue weighted by atomic mass is 35.5. The lowest BCUT2D eigenvalue weighted by molar-refractivity contribution is 0.629. The van der Waals surface area contributed by atoms with Gasteiger partial charge in [0.1, 0.15) is 5.82 Å². The van der Waals surface area contributed by atoms with Crippen molar-refractivity contribution in [2.45, 2.75) is 13.0 Å². The lowest BCUT2D eigenvalue weighted by Gasteiger charge is -2.08. The Morgan fingerprint density at radius 1 is 1.40 bits per heavy atom. The van der Waals surface area contributed by atoms with Crippen LogP contribution < -0.4 is 5.73 Å². The minimum atomic E-state index is -0.354. The molecule has 0 bridgehead atoms. The van der Waals surface area contributed by atoms with Gasteiger partial charge in [0.2, 0.25) is 5.28 Å². The molecule has 0 saturated heterocycles. The zero-order chi connectivity index (χ0) is 11.0. The van der Waals surface area contributed by atoms with E-state index in [2.05, 4.69) is 9.97 Å². The van der Waals surface area contributed by atoms with E-state index >= 15 is 0 Å². The molecule has 0 saturated carbocycles.